The van der Waals surface area contributed by atoms with Crippen molar-refractivity contribution in [3.8, 4) is 0 Å². The molecule has 1 atom stereocenters. The number of hydrogen-bond acceptors (Lipinski definition) is 1. The summed E-state index contributed by atoms with van der Waals surface area (Å²) in [7, 11) is 0. The van der Waals surface area contributed by atoms with E-state index in [-0.39, 0.29) is 0 Å². The largest absolute Gasteiger partial charge is 0.313 e. The van der Waals surface area contributed by atoms with Gasteiger partial charge in [0.05, 0.1) is 0 Å². The van der Waals surface area contributed by atoms with E-state index >= 15 is 0 Å². The summed E-state index contributed by atoms with van der Waals surface area (Å²) in [4.78, 5) is 0. The first-order chi connectivity index (χ1) is 7.33. The Morgan fingerprint density at radius 3 is 2.93 bits per heavy atom. The van der Waals surface area contributed by atoms with Crippen LogP contribution < -0.4 is 5.32 Å². The molecule has 0 amide bonds. The fourth-order valence-corrected chi connectivity index (χ4v) is 2.68. The summed E-state index contributed by atoms with van der Waals surface area (Å²) in [5.41, 5.74) is 2.98. The van der Waals surface area contributed by atoms with Gasteiger partial charge in [0.2, 0.25) is 0 Å². The zero-order chi connectivity index (χ0) is 10.3. The number of nitrogens with one attached hydrogen (secondary N) is 1. The van der Waals surface area contributed by atoms with Crippen molar-refractivity contribution in [1.82, 2.24) is 5.32 Å². The summed E-state index contributed by atoms with van der Waals surface area (Å²) in [6, 6.07) is 7.19. The molecule has 0 aromatic heterocycles. The maximum absolute atomic E-state index is 5.99. The first kappa shape index (κ1) is 9.68. The van der Waals surface area contributed by atoms with Gasteiger partial charge in [0.1, 0.15) is 0 Å². The summed E-state index contributed by atoms with van der Waals surface area (Å²) in [5, 5.41) is 4.50. The zero-order valence-electron chi connectivity index (χ0n) is 8.80. The van der Waals surface area contributed by atoms with Crippen LogP contribution in [0.1, 0.15) is 36.3 Å². The third kappa shape index (κ3) is 2.04. The van der Waals surface area contributed by atoms with Gasteiger partial charge in [-0.3, -0.25) is 0 Å². The second kappa shape index (κ2) is 3.80. The van der Waals surface area contributed by atoms with Gasteiger partial charge in [0.15, 0.2) is 0 Å². The fraction of sp³-hybridized carbons (Fsp3) is 0.538. The van der Waals surface area contributed by atoms with Gasteiger partial charge in [0, 0.05) is 17.6 Å². The smallest absolute Gasteiger partial charge is 0.0408 e. The molecule has 0 heterocycles. The quantitative estimate of drug-likeness (QED) is 0.827. The van der Waals surface area contributed by atoms with Crippen LogP contribution in [0.3, 0.4) is 0 Å². The van der Waals surface area contributed by atoms with Gasteiger partial charge in [0.25, 0.3) is 0 Å². The second-order valence-corrected chi connectivity index (χ2v) is 5.20. The molecule has 0 bridgehead atoms. The Balaban J connectivity index is 1.72. The maximum Gasteiger partial charge on any atom is 0.0408 e. The normalized spacial score (nSPS) is 24.2. The van der Waals surface area contributed by atoms with Crippen molar-refractivity contribution in [3.05, 3.63) is 34.3 Å². The number of aryl methyl sites for hydroxylation is 1. The number of benzene rings is 1. The lowest BCUT2D eigenvalue weighted by atomic mass is 10.0. The van der Waals surface area contributed by atoms with Crippen LogP contribution in [-0.2, 0) is 6.42 Å². The zero-order valence-corrected chi connectivity index (χ0v) is 9.56. The molecule has 1 fully saturated rings. The highest BCUT2D eigenvalue weighted by Gasteiger charge is 2.26. The molecule has 0 radical (unpaired) electrons. The summed E-state index contributed by atoms with van der Waals surface area (Å²) in [6.07, 6.45) is 5.24. The summed E-state index contributed by atoms with van der Waals surface area (Å²) in [5.74, 6) is 0.720. The Bertz CT molecular complexity index is 371. The Labute approximate surface area is 95.8 Å². The van der Waals surface area contributed by atoms with Crippen molar-refractivity contribution in [1.29, 1.82) is 0 Å². The highest BCUT2D eigenvalue weighted by Crippen LogP contribution is 2.34. The second-order valence-electron chi connectivity index (χ2n) is 4.76. The van der Waals surface area contributed by atoms with E-state index < -0.39 is 0 Å². The van der Waals surface area contributed by atoms with Gasteiger partial charge in [-0.15, -0.1) is 0 Å². The molecule has 0 aliphatic heterocycles. The average Bonchev–Trinajstić information content (AvgIpc) is 2.97. The maximum atomic E-state index is 5.99. The predicted octanol–water partition coefficient (Wildman–Crippen LogP) is 3.12. The summed E-state index contributed by atoms with van der Waals surface area (Å²) in [6.45, 7) is 1.15. The van der Waals surface area contributed by atoms with Crippen LogP contribution in [0.4, 0.5) is 0 Å². The monoisotopic (exact) mass is 221 g/mol. The lowest BCUT2D eigenvalue weighted by molar-refractivity contribution is 0.576. The van der Waals surface area contributed by atoms with Crippen LogP contribution in [0.25, 0.3) is 0 Å². The Morgan fingerprint density at radius 2 is 2.13 bits per heavy atom. The minimum Gasteiger partial charge on any atom is -0.313 e. The standard InChI is InChI=1S/C13H16ClN/c14-11-3-6-13-9(7-11)1-2-10(13)8-15-12-4-5-12/h3,6-7,10,12,15H,1-2,4-5,8H2. The van der Waals surface area contributed by atoms with E-state index in [1.807, 2.05) is 6.07 Å². The van der Waals surface area contributed by atoms with E-state index in [1.54, 1.807) is 0 Å². The van der Waals surface area contributed by atoms with Crippen LogP contribution in [0.5, 0.6) is 0 Å². The number of hydrogen-bond donors (Lipinski definition) is 1. The minimum atomic E-state index is 0.720. The molecule has 3 rings (SSSR count). The van der Waals surface area contributed by atoms with E-state index in [1.165, 1.54) is 36.8 Å². The Morgan fingerprint density at radius 1 is 1.27 bits per heavy atom. The number of fused-ring (bicyclic) bond motifs is 1. The van der Waals surface area contributed by atoms with E-state index in [0.29, 0.717) is 0 Å². The molecule has 2 heteroatoms. The van der Waals surface area contributed by atoms with E-state index in [4.69, 9.17) is 11.6 Å². The molecule has 1 saturated carbocycles. The van der Waals surface area contributed by atoms with E-state index in [0.717, 1.165) is 23.5 Å². The molecule has 15 heavy (non-hydrogen) atoms. The van der Waals surface area contributed by atoms with Crippen LogP contribution in [0.15, 0.2) is 18.2 Å². The molecule has 1 aromatic rings. The molecule has 2 aliphatic carbocycles. The Kier molecular flexibility index (Phi) is 2.45. The molecule has 0 saturated heterocycles. The Hall–Kier alpha value is -0.530. The van der Waals surface area contributed by atoms with E-state index in [9.17, 15) is 0 Å². The molecular weight excluding hydrogens is 206 g/mol. The van der Waals surface area contributed by atoms with Crippen molar-refractivity contribution >= 4 is 11.6 Å². The van der Waals surface area contributed by atoms with Gasteiger partial charge in [-0.1, -0.05) is 17.7 Å². The molecule has 2 aliphatic rings. The third-order valence-electron chi connectivity index (χ3n) is 3.54. The summed E-state index contributed by atoms with van der Waals surface area (Å²) < 4.78 is 0. The number of rotatable bonds is 3. The van der Waals surface area contributed by atoms with Crippen molar-refractivity contribution in [2.24, 2.45) is 0 Å². The minimum absolute atomic E-state index is 0.720. The average molecular weight is 222 g/mol. The van der Waals surface area contributed by atoms with Gasteiger partial charge in [-0.2, -0.15) is 0 Å². The molecule has 1 N–H and O–H groups in total. The van der Waals surface area contributed by atoms with Crippen molar-refractivity contribution in [2.75, 3.05) is 6.54 Å². The fourth-order valence-electron chi connectivity index (χ4n) is 2.48. The molecule has 80 valence electrons. The van der Waals surface area contributed by atoms with Crippen LogP contribution >= 0.6 is 11.6 Å². The molecular formula is C13H16ClN. The molecule has 1 aromatic carbocycles. The van der Waals surface area contributed by atoms with Crippen LogP contribution in [-0.4, -0.2) is 12.6 Å². The molecule has 1 unspecified atom stereocenters. The van der Waals surface area contributed by atoms with Gasteiger partial charge in [-0.25, -0.2) is 0 Å². The first-order valence-electron chi connectivity index (χ1n) is 5.84. The third-order valence-corrected chi connectivity index (χ3v) is 3.77. The topological polar surface area (TPSA) is 12.0 Å². The lowest BCUT2D eigenvalue weighted by Gasteiger charge is -2.12. The number of halogens is 1. The van der Waals surface area contributed by atoms with Gasteiger partial charge >= 0.3 is 0 Å². The van der Waals surface area contributed by atoms with Crippen molar-refractivity contribution in [2.45, 2.75) is 37.6 Å². The summed E-state index contributed by atoms with van der Waals surface area (Å²) >= 11 is 5.99. The molecule has 1 nitrogen and oxygen atoms in total. The predicted molar refractivity (Wildman–Crippen MR) is 63.5 cm³/mol. The first-order valence-corrected chi connectivity index (χ1v) is 6.22. The van der Waals surface area contributed by atoms with Gasteiger partial charge in [-0.05, 0) is 54.9 Å². The highest BCUT2D eigenvalue weighted by atomic mass is 35.5. The van der Waals surface area contributed by atoms with Crippen LogP contribution in [0.2, 0.25) is 5.02 Å². The van der Waals surface area contributed by atoms with Crippen molar-refractivity contribution in [3.63, 3.8) is 0 Å². The van der Waals surface area contributed by atoms with Crippen molar-refractivity contribution < 1.29 is 0 Å². The van der Waals surface area contributed by atoms with E-state index in [2.05, 4.69) is 17.4 Å². The SMILES string of the molecule is Clc1ccc2c(c1)CCC2CNC1CC1. The van der Waals surface area contributed by atoms with Gasteiger partial charge < -0.3 is 5.32 Å². The highest BCUT2D eigenvalue weighted by molar-refractivity contribution is 6.30. The lowest BCUT2D eigenvalue weighted by Crippen LogP contribution is -2.22. The van der Waals surface area contributed by atoms with Crippen LogP contribution in [0, 0.1) is 0 Å². The molecule has 0 spiro atoms.